The summed E-state index contributed by atoms with van der Waals surface area (Å²) in [6.45, 7) is 1.98. The summed E-state index contributed by atoms with van der Waals surface area (Å²) in [5.41, 5.74) is 5.55. The Morgan fingerprint density at radius 3 is 1.80 bits per heavy atom. The van der Waals surface area contributed by atoms with Gasteiger partial charge in [0.2, 0.25) is 0 Å². The Morgan fingerprint density at radius 2 is 1.40 bits per heavy atom. The first-order valence-electron chi connectivity index (χ1n) is 6.73. The average molecular weight is 209 g/mol. The fraction of sp³-hybridized carbons (Fsp3) is 1.00. The second kappa shape index (κ2) is 5.90. The minimum atomic E-state index is 0.540. The van der Waals surface area contributed by atoms with Gasteiger partial charge in [0.25, 0.3) is 6.92 Å². The molecule has 0 spiro atoms. The molecule has 0 bridgehead atoms. The van der Waals surface area contributed by atoms with E-state index in [2.05, 4.69) is 0 Å². The highest BCUT2D eigenvalue weighted by Crippen LogP contribution is 2.43. The van der Waals surface area contributed by atoms with Crippen LogP contribution in [0.5, 0.6) is 0 Å². The van der Waals surface area contributed by atoms with Crippen molar-refractivity contribution in [1.82, 2.24) is 0 Å². The van der Waals surface area contributed by atoms with Crippen LogP contribution in [0.25, 0.3) is 0 Å². The van der Waals surface area contributed by atoms with E-state index in [-0.39, 0.29) is 0 Å². The Morgan fingerprint density at radius 1 is 0.933 bits per heavy atom. The zero-order valence-corrected chi connectivity index (χ0v) is 9.79. The molecule has 2 saturated carbocycles. The highest BCUT2D eigenvalue weighted by Gasteiger charge is 2.37. The van der Waals surface area contributed by atoms with Crippen LogP contribution in [0.4, 0.5) is 0 Å². The molecule has 0 heterocycles. The normalized spacial score (nSPS) is 23.8. The third-order valence-electron chi connectivity index (χ3n) is 4.16. The maximum absolute atomic E-state index is 6.03. The van der Waals surface area contributed by atoms with Crippen molar-refractivity contribution in [2.75, 3.05) is 13.2 Å². The average Bonchev–Trinajstić information content (AvgIpc) is 2.90. The lowest BCUT2D eigenvalue weighted by atomic mass is 9.46. The van der Waals surface area contributed by atoms with E-state index in [1.165, 1.54) is 51.4 Å². The topological polar surface area (TPSA) is 35.2 Å². The molecular formula is C12H24BNO. The van der Waals surface area contributed by atoms with E-state index in [0.717, 1.165) is 18.2 Å². The summed E-state index contributed by atoms with van der Waals surface area (Å²) in [6, 6.07) is 0. The highest BCUT2D eigenvalue weighted by molar-refractivity contribution is 6.55. The van der Waals surface area contributed by atoms with E-state index in [0.29, 0.717) is 13.5 Å². The monoisotopic (exact) mass is 209 g/mol. The summed E-state index contributed by atoms with van der Waals surface area (Å²) in [6.07, 6.45) is 11.2. The summed E-state index contributed by atoms with van der Waals surface area (Å²) in [5.74, 6) is 1.69. The number of nitrogens with two attached hydrogens (primary N) is 1. The number of hydrogen-bond acceptors (Lipinski definition) is 2. The van der Waals surface area contributed by atoms with Gasteiger partial charge in [-0.25, -0.2) is 0 Å². The van der Waals surface area contributed by atoms with Crippen LogP contribution in [0.2, 0.25) is 11.6 Å². The van der Waals surface area contributed by atoms with E-state index in [1.807, 2.05) is 0 Å². The van der Waals surface area contributed by atoms with Gasteiger partial charge in [-0.1, -0.05) is 51.4 Å². The summed E-state index contributed by atoms with van der Waals surface area (Å²) in [5, 5.41) is 0. The van der Waals surface area contributed by atoms with Crippen LogP contribution in [0.1, 0.15) is 51.4 Å². The molecule has 0 unspecified atom stereocenters. The lowest BCUT2D eigenvalue weighted by Crippen LogP contribution is -2.30. The molecule has 2 N–H and O–H groups in total. The van der Waals surface area contributed by atoms with Gasteiger partial charge in [0.05, 0.1) is 0 Å². The summed E-state index contributed by atoms with van der Waals surface area (Å²) >= 11 is 0. The Kier molecular flexibility index (Phi) is 4.51. The molecule has 0 aromatic rings. The standard InChI is InChI=1S/C12H24BNO/c14-9-10-15-13(11-5-1-2-6-11)12-7-3-4-8-12/h11-12H,1-10,14H2. The maximum Gasteiger partial charge on any atom is 0.299 e. The van der Waals surface area contributed by atoms with Crippen LogP contribution in [0, 0.1) is 0 Å². The molecule has 0 saturated heterocycles. The minimum Gasteiger partial charge on any atom is -0.434 e. The van der Waals surface area contributed by atoms with Crippen molar-refractivity contribution in [1.29, 1.82) is 0 Å². The Labute approximate surface area is 94.1 Å². The molecule has 2 rings (SSSR count). The van der Waals surface area contributed by atoms with Gasteiger partial charge in [-0.3, -0.25) is 0 Å². The van der Waals surface area contributed by atoms with Crippen molar-refractivity contribution in [3.8, 4) is 0 Å². The lowest BCUT2D eigenvalue weighted by molar-refractivity contribution is 0.311. The molecule has 3 heteroatoms. The van der Waals surface area contributed by atoms with Gasteiger partial charge >= 0.3 is 0 Å². The molecule has 2 aliphatic rings. The van der Waals surface area contributed by atoms with E-state index in [1.54, 1.807) is 0 Å². The van der Waals surface area contributed by atoms with Gasteiger partial charge in [0, 0.05) is 13.2 Å². The van der Waals surface area contributed by atoms with Crippen molar-refractivity contribution in [2.45, 2.75) is 63.0 Å². The van der Waals surface area contributed by atoms with Crippen molar-refractivity contribution >= 4 is 6.92 Å². The molecule has 86 valence electrons. The SMILES string of the molecule is NCCOB(C1CCCC1)C1CCCC1. The molecule has 2 fully saturated rings. The summed E-state index contributed by atoms with van der Waals surface area (Å²) < 4.78 is 6.03. The summed E-state index contributed by atoms with van der Waals surface area (Å²) in [7, 11) is 0. The molecule has 15 heavy (non-hydrogen) atoms. The van der Waals surface area contributed by atoms with Gasteiger partial charge in [0.1, 0.15) is 0 Å². The first-order valence-corrected chi connectivity index (χ1v) is 6.73. The Balaban J connectivity index is 1.88. The first kappa shape index (κ1) is 11.5. The van der Waals surface area contributed by atoms with Crippen LogP contribution in [-0.4, -0.2) is 20.1 Å². The Hall–Kier alpha value is -0.0151. The number of hydrogen-bond donors (Lipinski definition) is 1. The second-order valence-corrected chi connectivity index (χ2v) is 5.21. The zero-order valence-electron chi connectivity index (χ0n) is 9.79. The molecule has 0 radical (unpaired) electrons. The van der Waals surface area contributed by atoms with Crippen molar-refractivity contribution < 1.29 is 4.65 Å². The van der Waals surface area contributed by atoms with Crippen molar-refractivity contribution in [3.05, 3.63) is 0 Å². The highest BCUT2D eigenvalue weighted by atomic mass is 16.4. The second-order valence-electron chi connectivity index (χ2n) is 5.21. The number of rotatable bonds is 5. The quantitative estimate of drug-likeness (QED) is 0.706. The van der Waals surface area contributed by atoms with E-state index >= 15 is 0 Å². The molecule has 2 nitrogen and oxygen atoms in total. The molecule has 0 aromatic heterocycles. The molecule has 0 atom stereocenters. The van der Waals surface area contributed by atoms with E-state index in [4.69, 9.17) is 10.4 Å². The van der Waals surface area contributed by atoms with E-state index < -0.39 is 0 Å². The smallest absolute Gasteiger partial charge is 0.299 e. The predicted octanol–water partition coefficient (Wildman–Crippen LogP) is 2.84. The van der Waals surface area contributed by atoms with Gasteiger partial charge in [-0.2, -0.15) is 0 Å². The third-order valence-corrected chi connectivity index (χ3v) is 4.16. The van der Waals surface area contributed by atoms with Crippen molar-refractivity contribution in [2.24, 2.45) is 5.73 Å². The van der Waals surface area contributed by atoms with Crippen LogP contribution in [0.3, 0.4) is 0 Å². The van der Waals surface area contributed by atoms with Crippen LogP contribution in [-0.2, 0) is 4.65 Å². The summed E-state index contributed by atoms with van der Waals surface area (Å²) in [4.78, 5) is 0. The fourth-order valence-electron chi connectivity index (χ4n) is 3.43. The van der Waals surface area contributed by atoms with Gasteiger partial charge < -0.3 is 10.4 Å². The van der Waals surface area contributed by atoms with Crippen LogP contribution < -0.4 is 5.73 Å². The lowest BCUT2D eigenvalue weighted by Gasteiger charge is -2.25. The zero-order chi connectivity index (χ0) is 10.5. The minimum absolute atomic E-state index is 0.540. The molecule has 2 aliphatic carbocycles. The molecule has 0 amide bonds. The maximum atomic E-state index is 6.03. The third kappa shape index (κ3) is 2.98. The van der Waals surface area contributed by atoms with E-state index in [9.17, 15) is 0 Å². The Bertz CT molecular complexity index is 160. The largest absolute Gasteiger partial charge is 0.434 e. The molecular weight excluding hydrogens is 185 g/mol. The van der Waals surface area contributed by atoms with Gasteiger partial charge in [-0.15, -0.1) is 0 Å². The van der Waals surface area contributed by atoms with Crippen LogP contribution >= 0.6 is 0 Å². The first-order chi connectivity index (χ1) is 7.42. The van der Waals surface area contributed by atoms with Gasteiger partial charge in [-0.05, 0) is 11.6 Å². The van der Waals surface area contributed by atoms with Crippen LogP contribution in [0.15, 0.2) is 0 Å². The van der Waals surface area contributed by atoms with Gasteiger partial charge in [0.15, 0.2) is 0 Å². The predicted molar refractivity (Wildman–Crippen MR) is 65.2 cm³/mol. The fourth-order valence-corrected chi connectivity index (χ4v) is 3.43. The van der Waals surface area contributed by atoms with Crippen molar-refractivity contribution in [3.63, 3.8) is 0 Å². The molecule has 0 aliphatic heterocycles. The molecule has 0 aromatic carbocycles.